The lowest BCUT2D eigenvalue weighted by Gasteiger charge is -2.21. The highest BCUT2D eigenvalue weighted by Crippen LogP contribution is 2.27. The van der Waals surface area contributed by atoms with E-state index in [0.29, 0.717) is 18.4 Å². The van der Waals surface area contributed by atoms with Crippen molar-refractivity contribution in [1.82, 2.24) is 9.97 Å². The fourth-order valence-electron chi connectivity index (χ4n) is 1.63. The van der Waals surface area contributed by atoms with Crippen LogP contribution >= 0.6 is 0 Å². The number of nitrogens with one attached hydrogen (secondary N) is 1. The van der Waals surface area contributed by atoms with Crippen LogP contribution < -0.4 is 10.1 Å². The average molecular weight is 279 g/mol. The van der Waals surface area contributed by atoms with Crippen molar-refractivity contribution in [2.24, 2.45) is 5.92 Å². The first-order chi connectivity index (χ1) is 9.25. The van der Waals surface area contributed by atoms with Crippen molar-refractivity contribution in [2.75, 3.05) is 18.5 Å². The molecule has 4 nitrogen and oxygen atoms in total. The zero-order chi connectivity index (χ0) is 15.3. The first-order valence-corrected chi connectivity index (χ1v) is 7.51. The number of nitrogens with zero attached hydrogens (tertiary/aromatic N) is 2. The van der Waals surface area contributed by atoms with Crippen molar-refractivity contribution in [3.05, 3.63) is 11.4 Å². The van der Waals surface area contributed by atoms with Crippen molar-refractivity contribution < 1.29 is 4.74 Å². The molecule has 1 aromatic heterocycles. The van der Waals surface area contributed by atoms with Gasteiger partial charge >= 0.3 is 0 Å². The summed E-state index contributed by atoms with van der Waals surface area (Å²) < 4.78 is 5.86. The van der Waals surface area contributed by atoms with Gasteiger partial charge in [0.1, 0.15) is 11.6 Å². The van der Waals surface area contributed by atoms with E-state index in [9.17, 15) is 0 Å². The van der Waals surface area contributed by atoms with Crippen LogP contribution in [0.3, 0.4) is 0 Å². The highest BCUT2D eigenvalue weighted by atomic mass is 16.5. The van der Waals surface area contributed by atoms with E-state index >= 15 is 0 Å². The molecular formula is C16H29N3O. The largest absolute Gasteiger partial charge is 0.477 e. The van der Waals surface area contributed by atoms with Gasteiger partial charge in [0.15, 0.2) is 0 Å². The highest BCUT2D eigenvalue weighted by molar-refractivity contribution is 5.49. The number of hydrogen-bond acceptors (Lipinski definition) is 4. The topological polar surface area (TPSA) is 47.0 Å². The van der Waals surface area contributed by atoms with Crippen LogP contribution in [-0.4, -0.2) is 23.1 Å². The maximum Gasteiger partial charge on any atom is 0.221 e. The summed E-state index contributed by atoms with van der Waals surface area (Å²) in [7, 11) is 0. The smallest absolute Gasteiger partial charge is 0.221 e. The molecule has 0 radical (unpaired) electrons. The van der Waals surface area contributed by atoms with Crippen LogP contribution in [0.1, 0.15) is 59.4 Å². The van der Waals surface area contributed by atoms with E-state index < -0.39 is 0 Å². The fraction of sp³-hybridized carbons (Fsp3) is 0.750. The second-order valence-corrected chi connectivity index (χ2v) is 6.71. The Kier molecular flexibility index (Phi) is 5.78. The molecule has 0 fully saturated rings. The maximum atomic E-state index is 5.86. The second-order valence-electron chi connectivity index (χ2n) is 6.71. The molecule has 1 N–H and O–H groups in total. The van der Waals surface area contributed by atoms with Gasteiger partial charge in [-0.2, -0.15) is 4.98 Å². The van der Waals surface area contributed by atoms with Gasteiger partial charge in [-0.25, -0.2) is 4.98 Å². The molecule has 0 aliphatic carbocycles. The molecule has 1 rings (SSSR count). The Labute approximate surface area is 123 Å². The van der Waals surface area contributed by atoms with Crippen molar-refractivity contribution in [1.29, 1.82) is 0 Å². The molecule has 1 heterocycles. The Balaban J connectivity index is 3.13. The molecular weight excluding hydrogens is 250 g/mol. The van der Waals surface area contributed by atoms with Crippen LogP contribution in [-0.2, 0) is 5.41 Å². The van der Waals surface area contributed by atoms with Gasteiger partial charge in [0.05, 0.1) is 12.2 Å². The summed E-state index contributed by atoms with van der Waals surface area (Å²) in [5.41, 5.74) is 0.902. The van der Waals surface area contributed by atoms with E-state index in [0.717, 1.165) is 30.2 Å². The van der Waals surface area contributed by atoms with Gasteiger partial charge in [-0.3, -0.25) is 0 Å². The Hall–Kier alpha value is -1.32. The third kappa shape index (κ3) is 4.66. The van der Waals surface area contributed by atoms with Gasteiger partial charge in [0.25, 0.3) is 0 Å². The standard InChI is InChI=1S/C16H29N3O/c1-8-9-17-13-12(4)14(20-10-11(2)3)19-15(18-13)16(5,6)7/h11H,8-10H2,1-7H3,(H,17,18,19). The van der Waals surface area contributed by atoms with E-state index in [4.69, 9.17) is 4.74 Å². The van der Waals surface area contributed by atoms with E-state index in [1.165, 1.54) is 0 Å². The minimum absolute atomic E-state index is 0.0910. The highest BCUT2D eigenvalue weighted by Gasteiger charge is 2.21. The number of anilines is 1. The summed E-state index contributed by atoms with van der Waals surface area (Å²) in [5.74, 6) is 2.90. The van der Waals surface area contributed by atoms with Gasteiger partial charge in [0, 0.05) is 12.0 Å². The lowest BCUT2D eigenvalue weighted by atomic mass is 9.95. The molecule has 0 aromatic carbocycles. The molecule has 0 aliphatic rings. The third-order valence-electron chi connectivity index (χ3n) is 2.87. The summed E-state index contributed by atoms with van der Waals surface area (Å²) in [4.78, 5) is 9.28. The molecule has 1 aromatic rings. The minimum Gasteiger partial charge on any atom is -0.477 e. The second kappa shape index (κ2) is 6.91. The molecule has 0 saturated carbocycles. The van der Waals surface area contributed by atoms with Crippen LogP contribution in [0.2, 0.25) is 0 Å². The molecule has 0 bridgehead atoms. The van der Waals surface area contributed by atoms with Gasteiger partial charge < -0.3 is 10.1 Å². The minimum atomic E-state index is -0.0910. The monoisotopic (exact) mass is 279 g/mol. The van der Waals surface area contributed by atoms with E-state index in [1.54, 1.807) is 0 Å². The first-order valence-electron chi connectivity index (χ1n) is 7.51. The number of rotatable bonds is 6. The Bertz CT molecular complexity index is 436. The van der Waals surface area contributed by atoms with Crippen molar-refractivity contribution in [3.8, 4) is 5.88 Å². The van der Waals surface area contributed by atoms with E-state index in [2.05, 4.69) is 56.8 Å². The Morgan fingerprint density at radius 1 is 1.20 bits per heavy atom. The fourth-order valence-corrected chi connectivity index (χ4v) is 1.63. The van der Waals surface area contributed by atoms with Crippen molar-refractivity contribution >= 4 is 5.82 Å². The lowest BCUT2D eigenvalue weighted by molar-refractivity contribution is 0.257. The molecule has 0 spiro atoms. The van der Waals surface area contributed by atoms with Crippen LogP contribution in [0.25, 0.3) is 0 Å². The molecule has 0 amide bonds. The zero-order valence-corrected chi connectivity index (χ0v) is 14.0. The molecule has 0 aliphatic heterocycles. The third-order valence-corrected chi connectivity index (χ3v) is 2.87. The van der Waals surface area contributed by atoms with Crippen LogP contribution in [0.15, 0.2) is 0 Å². The summed E-state index contributed by atoms with van der Waals surface area (Å²) in [5, 5.41) is 3.37. The first kappa shape index (κ1) is 16.7. The maximum absolute atomic E-state index is 5.86. The van der Waals surface area contributed by atoms with Gasteiger partial charge in [-0.1, -0.05) is 41.5 Å². The summed E-state index contributed by atoms with van der Waals surface area (Å²) in [6.45, 7) is 16.4. The van der Waals surface area contributed by atoms with Crippen molar-refractivity contribution in [3.63, 3.8) is 0 Å². The molecule has 4 heteroatoms. The van der Waals surface area contributed by atoms with E-state index in [-0.39, 0.29) is 5.41 Å². The molecule has 0 unspecified atom stereocenters. The lowest BCUT2D eigenvalue weighted by Crippen LogP contribution is -2.20. The summed E-state index contributed by atoms with van der Waals surface area (Å²) >= 11 is 0. The van der Waals surface area contributed by atoms with Crippen molar-refractivity contribution in [2.45, 2.75) is 60.3 Å². The normalized spacial score (nSPS) is 11.8. The zero-order valence-electron chi connectivity index (χ0n) is 14.0. The van der Waals surface area contributed by atoms with Crippen LogP contribution in [0.4, 0.5) is 5.82 Å². The van der Waals surface area contributed by atoms with Crippen LogP contribution in [0.5, 0.6) is 5.88 Å². The quantitative estimate of drug-likeness (QED) is 0.857. The molecule has 0 saturated heterocycles. The summed E-state index contributed by atoms with van der Waals surface area (Å²) in [6, 6.07) is 0. The van der Waals surface area contributed by atoms with Gasteiger partial charge in [-0.15, -0.1) is 0 Å². The van der Waals surface area contributed by atoms with Crippen LogP contribution in [0, 0.1) is 12.8 Å². The average Bonchev–Trinajstić information content (AvgIpc) is 2.34. The molecule has 114 valence electrons. The number of aromatic nitrogens is 2. The number of hydrogen-bond donors (Lipinski definition) is 1. The predicted octanol–water partition coefficient (Wildman–Crippen LogP) is 3.94. The van der Waals surface area contributed by atoms with Gasteiger partial charge in [-0.05, 0) is 19.3 Å². The molecule has 0 atom stereocenters. The number of ether oxygens (including phenoxy) is 1. The Morgan fingerprint density at radius 2 is 1.85 bits per heavy atom. The van der Waals surface area contributed by atoms with Gasteiger partial charge in [0.2, 0.25) is 5.88 Å². The molecule has 20 heavy (non-hydrogen) atoms. The van der Waals surface area contributed by atoms with E-state index in [1.807, 2.05) is 6.92 Å². The predicted molar refractivity (Wildman–Crippen MR) is 84.6 cm³/mol. The Morgan fingerprint density at radius 3 is 2.35 bits per heavy atom. The SMILES string of the molecule is CCCNc1nc(C(C)(C)C)nc(OCC(C)C)c1C. The summed E-state index contributed by atoms with van der Waals surface area (Å²) in [6.07, 6.45) is 1.07.